The van der Waals surface area contributed by atoms with Crippen molar-refractivity contribution in [1.82, 2.24) is 14.9 Å². The van der Waals surface area contributed by atoms with Crippen LogP contribution in [0.2, 0.25) is 0 Å². The molecule has 0 amide bonds. The first kappa shape index (κ1) is 16.7. The number of ether oxygens (including phenoxy) is 3. The first-order valence-corrected chi connectivity index (χ1v) is 6.95. The molecular formula is C14H16N4O4S. The third-order valence-electron chi connectivity index (χ3n) is 3.07. The van der Waals surface area contributed by atoms with Gasteiger partial charge in [0.1, 0.15) is 22.9 Å². The van der Waals surface area contributed by atoms with E-state index in [0.717, 1.165) is 4.68 Å². The van der Waals surface area contributed by atoms with Crippen molar-refractivity contribution in [2.45, 2.75) is 6.92 Å². The van der Waals surface area contributed by atoms with E-state index < -0.39 is 5.56 Å². The van der Waals surface area contributed by atoms with Gasteiger partial charge in [-0.25, -0.2) is 0 Å². The third kappa shape index (κ3) is 3.39. The average molecular weight is 336 g/mol. The number of methoxy groups -OCH3 is 3. The molecule has 8 nitrogen and oxygen atoms in total. The quantitative estimate of drug-likeness (QED) is 0.657. The third-order valence-corrected chi connectivity index (χ3v) is 3.33. The largest absolute Gasteiger partial charge is 0.496 e. The lowest BCUT2D eigenvalue weighted by molar-refractivity contribution is 0.374. The highest BCUT2D eigenvalue weighted by atomic mass is 32.1. The summed E-state index contributed by atoms with van der Waals surface area (Å²) >= 11 is 5.03. The van der Waals surface area contributed by atoms with Crippen molar-refractivity contribution in [1.29, 1.82) is 0 Å². The van der Waals surface area contributed by atoms with Gasteiger partial charge in [0.2, 0.25) is 4.77 Å². The minimum Gasteiger partial charge on any atom is -0.496 e. The molecule has 0 saturated carbocycles. The van der Waals surface area contributed by atoms with Gasteiger partial charge in [-0.15, -0.1) is 0 Å². The number of H-pyrrole nitrogens is 1. The van der Waals surface area contributed by atoms with Crippen molar-refractivity contribution in [3.63, 3.8) is 0 Å². The number of nitrogens with one attached hydrogen (secondary N) is 1. The lowest BCUT2D eigenvalue weighted by atomic mass is 10.2. The van der Waals surface area contributed by atoms with E-state index in [1.54, 1.807) is 26.2 Å². The molecule has 0 saturated heterocycles. The zero-order valence-electron chi connectivity index (χ0n) is 13.1. The lowest BCUT2D eigenvalue weighted by Crippen LogP contribution is -2.22. The molecule has 9 heteroatoms. The van der Waals surface area contributed by atoms with Gasteiger partial charge < -0.3 is 14.2 Å². The van der Waals surface area contributed by atoms with Gasteiger partial charge in [-0.05, 0) is 19.1 Å². The standard InChI is InChI=1S/C14H16N4O4S/c1-8-13(19)18(14(23)17-16-8)15-7-10-11(21-3)5-9(20-2)6-12(10)22-4/h5-7H,1-4H3,(H,17,23)/b15-7+. The van der Waals surface area contributed by atoms with Gasteiger partial charge in [0.25, 0.3) is 5.56 Å². The molecule has 23 heavy (non-hydrogen) atoms. The Morgan fingerprint density at radius 2 is 1.83 bits per heavy atom. The van der Waals surface area contributed by atoms with Crippen LogP contribution in [0, 0.1) is 11.7 Å². The fourth-order valence-corrected chi connectivity index (χ4v) is 2.03. The van der Waals surface area contributed by atoms with Crippen LogP contribution in [0.25, 0.3) is 0 Å². The van der Waals surface area contributed by atoms with E-state index in [1.807, 2.05) is 0 Å². The average Bonchev–Trinajstić information content (AvgIpc) is 2.57. The van der Waals surface area contributed by atoms with Gasteiger partial charge in [-0.3, -0.25) is 9.89 Å². The van der Waals surface area contributed by atoms with Crippen LogP contribution in [0.1, 0.15) is 11.3 Å². The molecule has 0 radical (unpaired) electrons. The first-order valence-electron chi connectivity index (χ1n) is 6.54. The van der Waals surface area contributed by atoms with Gasteiger partial charge in [-0.1, -0.05) is 0 Å². The summed E-state index contributed by atoms with van der Waals surface area (Å²) < 4.78 is 16.9. The SMILES string of the molecule is COc1cc(OC)c(/C=N/n2c(=S)[nH]nc(C)c2=O)c(OC)c1. The highest BCUT2D eigenvalue weighted by molar-refractivity contribution is 7.71. The monoisotopic (exact) mass is 336 g/mol. The van der Waals surface area contributed by atoms with E-state index in [9.17, 15) is 4.79 Å². The van der Waals surface area contributed by atoms with E-state index in [-0.39, 0.29) is 10.5 Å². The number of rotatable bonds is 5. The zero-order valence-corrected chi connectivity index (χ0v) is 13.9. The Hall–Kier alpha value is -2.68. The first-order chi connectivity index (χ1) is 11.0. The van der Waals surface area contributed by atoms with E-state index in [1.165, 1.54) is 20.4 Å². The Bertz CT molecular complexity index is 832. The molecule has 1 N–H and O–H groups in total. The fraction of sp³-hybridized carbons (Fsp3) is 0.286. The number of aryl methyl sites for hydroxylation is 1. The molecule has 1 aromatic carbocycles. The summed E-state index contributed by atoms with van der Waals surface area (Å²) in [5, 5.41) is 10.4. The van der Waals surface area contributed by atoms with Crippen molar-refractivity contribution in [3.05, 3.63) is 38.5 Å². The Morgan fingerprint density at radius 3 is 2.35 bits per heavy atom. The molecule has 1 aromatic heterocycles. The Labute approximate surface area is 137 Å². The number of aromatic nitrogens is 3. The minimum absolute atomic E-state index is 0.0864. The van der Waals surface area contributed by atoms with Gasteiger partial charge in [0.05, 0.1) is 33.1 Å². The molecule has 1 heterocycles. The Balaban J connectivity index is 2.58. The van der Waals surface area contributed by atoms with Crippen LogP contribution in [-0.4, -0.2) is 42.4 Å². The fourth-order valence-electron chi connectivity index (χ4n) is 1.85. The number of nitrogens with zero attached hydrogens (tertiary/aromatic N) is 3. The maximum absolute atomic E-state index is 12.0. The number of benzene rings is 1. The molecule has 2 rings (SSSR count). The molecule has 0 fully saturated rings. The van der Waals surface area contributed by atoms with Gasteiger partial charge in [0, 0.05) is 12.1 Å². The predicted octanol–water partition coefficient (Wildman–Crippen LogP) is 1.52. The van der Waals surface area contributed by atoms with Crippen LogP contribution in [0.4, 0.5) is 0 Å². The number of hydrogen-bond acceptors (Lipinski definition) is 7. The maximum atomic E-state index is 12.0. The summed E-state index contributed by atoms with van der Waals surface area (Å²) in [5.41, 5.74) is 0.396. The molecule has 122 valence electrons. The van der Waals surface area contributed by atoms with E-state index in [4.69, 9.17) is 26.4 Å². The van der Waals surface area contributed by atoms with Crippen molar-refractivity contribution in [2.75, 3.05) is 21.3 Å². The summed E-state index contributed by atoms with van der Waals surface area (Å²) in [6.07, 6.45) is 1.43. The van der Waals surface area contributed by atoms with Crippen molar-refractivity contribution in [3.8, 4) is 17.2 Å². The normalized spacial score (nSPS) is 10.8. The van der Waals surface area contributed by atoms with E-state index >= 15 is 0 Å². The van der Waals surface area contributed by atoms with Crippen LogP contribution in [0.5, 0.6) is 17.2 Å². The minimum atomic E-state index is -0.406. The van der Waals surface area contributed by atoms with Crippen LogP contribution < -0.4 is 19.8 Å². The second-order valence-corrected chi connectivity index (χ2v) is 4.81. The highest BCUT2D eigenvalue weighted by Crippen LogP contribution is 2.32. The lowest BCUT2D eigenvalue weighted by Gasteiger charge is -2.12. The summed E-state index contributed by atoms with van der Waals surface area (Å²) in [7, 11) is 4.57. The summed E-state index contributed by atoms with van der Waals surface area (Å²) in [6.45, 7) is 1.56. The second-order valence-electron chi connectivity index (χ2n) is 4.42. The number of hydrogen-bond donors (Lipinski definition) is 1. The molecule has 0 spiro atoms. The van der Waals surface area contributed by atoms with Crippen molar-refractivity contribution in [2.24, 2.45) is 5.10 Å². The molecular weight excluding hydrogens is 320 g/mol. The zero-order chi connectivity index (χ0) is 17.0. The van der Waals surface area contributed by atoms with E-state index in [0.29, 0.717) is 22.8 Å². The Kier molecular flexibility index (Phi) is 5.12. The van der Waals surface area contributed by atoms with Gasteiger partial charge in [0.15, 0.2) is 0 Å². The molecule has 2 aromatic rings. The topological polar surface area (TPSA) is 90.7 Å². The molecule has 0 bridgehead atoms. The van der Waals surface area contributed by atoms with Gasteiger partial charge >= 0.3 is 0 Å². The molecule has 0 unspecified atom stereocenters. The second kappa shape index (κ2) is 7.05. The van der Waals surface area contributed by atoms with Crippen LogP contribution in [-0.2, 0) is 0 Å². The summed E-state index contributed by atoms with van der Waals surface area (Å²) in [5.74, 6) is 1.54. The summed E-state index contributed by atoms with van der Waals surface area (Å²) in [6, 6.07) is 3.37. The molecule has 0 aliphatic heterocycles. The smallest absolute Gasteiger partial charge is 0.296 e. The predicted molar refractivity (Wildman–Crippen MR) is 87.5 cm³/mol. The summed E-state index contributed by atoms with van der Waals surface area (Å²) in [4.78, 5) is 12.0. The van der Waals surface area contributed by atoms with Crippen molar-refractivity contribution >= 4 is 18.4 Å². The molecule has 0 aliphatic carbocycles. The van der Waals surface area contributed by atoms with Crippen molar-refractivity contribution < 1.29 is 14.2 Å². The van der Waals surface area contributed by atoms with Crippen LogP contribution >= 0.6 is 12.2 Å². The van der Waals surface area contributed by atoms with Gasteiger partial charge in [-0.2, -0.15) is 14.9 Å². The molecule has 0 atom stereocenters. The highest BCUT2D eigenvalue weighted by Gasteiger charge is 2.12. The van der Waals surface area contributed by atoms with Crippen LogP contribution in [0.15, 0.2) is 22.0 Å². The molecule has 0 aliphatic rings. The Morgan fingerprint density at radius 1 is 1.22 bits per heavy atom. The maximum Gasteiger partial charge on any atom is 0.296 e. The number of aromatic amines is 1. The van der Waals surface area contributed by atoms with Crippen LogP contribution in [0.3, 0.4) is 0 Å². The van der Waals surface area contributed by atoms with E-state index in [2.05, 4.69) is 15.3 Å².